The van der Waals surface area contributed by atoms with Gasteiger partial charge in [0.1, 0.15) is 0 Å². The van der Waals surface area contributed by atoms with Gasteiger partial charge in [0.25, 0.3) is 0 Å². The summed E-state index contributed by atoms with van der Waals surface area (Å²) in [6.45, 7) is 3.00. The van der Waals surface area contributed by atoms with E-state index in [1.54, 1.807) is 0 Å². The van der Waals surface area contributed by atoms with Crippen LogP contribution in [-0.2, 0) is 4.74 Å². The molecule has 1 saturated carbocycles. The van der Waals surface area contributed by atoms with Crippen LogP contribution < -0.4 is 11.5 Å². The maximum absolute atomic E-state index is 6.14. The van der Waals surface area contributed by atoms with Gasteiger partial charge in [-0.15, -0.1) is 0 Å². The summed E-state index contributed by atoms with van der Waals surface area (Å²) in [7, 11) is 0. The van der Waals surface area contributed by atoms with E-state index in [9.17, 15) is 0 Å². The van der Waals surface area contributed by atoms with Crippen LogP contribution in [0.5, 0.6) is 0 Å². The third kappa shape index (κ3) is 5.28. The molecule has 0 aliphatic heterocycles. The van der Waals surface area contributed by atoms with Gasteiger partial charge in [0, 0.05) is 6.04 Å². The lowest BCUT2D eigenvalue weighted by Crippen LogP contribution is -2.34. The van der Waals surface area contributed by atoms with E-state index in [0.717, 1.165) is 32.2 Å². The zero-order chi connectivity index (χ0) is 11.8. The number of hydrogen-bond acceptors (Lipinski definition) is 3. The second-order valence-electron chi connectivity index (χ2n) is 5.00. The van der Waals surface area contributed by atoms with Crippen LogP contribution >= 0.6 is 0 Å². The molecule has 3 heteroatoms. The van der Waals surface area contributed by atoms with Crippen LogP contribution in [-0.4, -0.2) is 24.8 Å². The molecule has 0 saturated heterocycles. The van der Waals surface area contributed by atoms with Gasteiger partial charge in [-0.2, -0.15) is 0 Å². The molecule has 3 nitrogen and oxygen atoms in total. The largest absolute Gasteiger partial charge is 0.375 e. The van der Waals surface area contributed by atoms with Crippen molar-refractivity contribution in [2.24, 2.45) is 11.5 Å². The van der Waals surface area contributed by atoms with Gasteiger partial charge in [-0.25, -0.2) is 0 Å². The van der Waals surface area contributed by atoms with Gasteiger partial charge in [-0.1, -0.05) is 6.92 Å². The number of unbranched alkanes of at least 4 members (excludes halogenated alkanes) is 1. The highest BCUT2D eigenvalue weighted by atomic mass is 16.5. The van der Waals surface area contributed by atoms with Gasteiger partial charge in [-0.05, 0) is 57.9 Å². The highest BCUT2D eigenvalue weighted by molar-refractivity contribution is 4.76. The molecule has 0 aromatic carbocycles. The molecule has 2 unspecified atom stereocenters. The molecular formula is C13H28N2O. The normalized spacial score (nSPS) is 27.9. The van der Waals surface area contributed by atoms with Crippen LogP contribution in [0.15, 0.2) is 0 Å². The minimum absolute atomic E-state index is 0.361. The van der Waals surface area contributed by atoms with Gasteiger partial charge in [0.15, 0.2) is 0 Å². The van der Waals surface area contributed by atoms with Crippen molar-refractivity contribution in [3.8, 4) is 0 Å². The molecule has 1 aliphatic rings. The van der Waals surface area contributed by atoms with Crippen LogP contribution in [0.2, 0.25) is 0 Å². The summed E-state index contributed by atoms with van der Waals surface area (Å²) in [5.74, 6) is 0. The average Bonchev–Trinajstić information content (AvgIpc) is 2.28. The second kappa shape index (κ2) is 8.04. The van der Waals surface area contributed by atoms with Crippen LogP contribution in [0, 0.1) is 0 Å². The first-order valence-corrected chi connectivity index (χ1v) is 6.87. The van der Waals surface area contributed by atoms with Crippen molar-refractivity contribution in [3.05, 3.63) is 0 Å². The van der Waals surface area contributed by atoms with Crippen LogP contribution in [0.25, 0.3) is 0 Å². The number of nitrogens with two attached hydrogens (primary N) is 2. The molecule has 0 radical (unpaired) electrons. The summed E-state index contributed by atoms with van der Waals surface area (Å²) in [5.41, 5.74) is 11.5. The summed E-state index contributed by atoms with van der Waals surface area (Å²) < 4.78 is 6.14. The molecule has 1 aliphatic carbocycles. The van der Waals surface area contributed by atoms with Gasteiger partial charge in [-0.3, -0.25) is 0 Å². The van der Waals surface area contributed by atoms with Crippen molar-refractivity contribution in [2.75, 3.05) is 6.54 Å². The molecular weight excluding hydrogens is 200 g/mol. The predicted octanol–water partition coefficient (Wildman–Crippen LogP) is 2.18. The van der Waals surface area contributed by atoms with Crippen LogP contribution in [0.1, 0.15) is 58.3 Å². The molecule has 0 spiro atoms. The Bertz CT molecular complexity index is 175. The lowest BCUT2D eigenvalue weighted by atomic mass is 9.93. The third-order valence-corrected chi connectivity index (χ3v) is 3.49. The van der Waals surface area contributed by atoms with E-state index in [0.29, 0.717) is 18.2 Å². The monoisotopic (exact) mass is 228 g/mol. The van der Waals surface area contributed by atoms with E-state index in [-0.39, 0.29) is 0 Å². The minimum Gasteiger partial charge on any atom is -0.375 e. The van der Waals surface area contributed by atoms with E-state index < -0.39 is 0 Å². The molecule has 0 aromatic heterocycles. The molecule has 3 atom stereocenters. The number of rotatable bonds is 7. The molecule has 16 heavy (non-hydrogen) atoms. The first-order chi connectivity index (χ1) is 7.76. The van der Waals surface area contributed by atoms with E-state index in [1.807, 2.05) is 0 Å². The van der Waals surface area contributed by atoms with E-state index in [4.69, 9.17) is 16.2 Å². The van der Waals surface area contributed by atoms with Crippen LogP contribution in [0.3, 0.4) is 0 Å². The summed E-state index contributed by atoms with van der Waals surface area (Å²) in [6.07, 6.45) is 10.0. The van der Waals surface area contributed by atoms with Crippen molar-refractivity contribution in [3.63, 3.8) is 0 Å². The average molecular weight is 228 g/mol. The quantitative estimate of drug-likeness (QED) is 0.657. The summed E-state index contributed by atoms with van der Waals surface area (Å²) in [4.78, 5) is 0. The second-order valence-corrected chi connectivity index (χ2v) is 5.00. The lowest BCUT2D eigenvalue weighted by Gasteiger charge is -2.30. The van der Waals surface area contributed by atoms with Gasteiger partial charge in [0.2, 0.25) is 0 Å². The molecule has 0 amide bonds. The smallest absolute Gasteiger partial charge is 0.0593 e. The Morgan fingerprint density at radius 3 is 2.75 bits per heavy atom. The summed E-state index contributed by atoms with van der Waals surface area (Å²) >= 11 is 0. The first-order valence-electron chi connectivity index (χ1n) is 6.87. The molecule has 0 heterocycles. The maximum Gasteiger partial charge on any atom is 0.0593 e. The van der Waals surface area contributed by atoms with Crippen molar-refractivity contribution in [2.45, 2.75) is 76.5 Å². The highest BCUT2D eigenvalue weighted by Crippen LogP contribution is 2.23. The van der Waals surface area contributed by atoms with Crippen molar-refractivity contribution < 1.29 is 4.74 Å². The molecule has 1 rings (SSSR count). The Morgan fingerprint density at radius 1 is 1.31 bits per heavy atom. The van der Waals surface area contributed by atoms with Gasteiger partial charge >= 0.3 is 0 Å². The standard InChI is InChI=1S/C13H28N2O/c1-2-12(7-3-4-9-14)16-13-8-5-6-11(15)10-13/h11-13H,2-10,14-15H2,1H3/t11?,12?,13-/m0/s1. The zero-order valence-corrected chi connectivity index (χ0v) is 10.7. The topological polar surface area (TPSA) is 61.3 Å². The number of ether oxygens (including phenoxy) is 1. The lowest BCUT2D eigenvalue weighted by molar-refractivity contribution is -0.0387. The Kier molecular flexibility index (Phi) is 7.01. The van der Waals surface area contributed by atoms with Crippen molar-refractivity contribution in [1.82, 2.24) is 0 Å². The zero-order valence-electron chi connectivity index (χ0n) is 10.7. The summed E-state index contributed by atoms with van der Waals surface area (Å²) in [6, 6.07) is 0.361. The van der Waals surface area contributed by atoms with E-state index >= 15 is 0 Å². The predicted molar refractivity (Wildman–Crippen MR) is 68.3 cm³/mol. The molecule has 4 N–H and O–H groups in total. The minimum atomic E-state index is 0.361. The third-order valence-electron chi connectivity index (χ3n) is 3.49. The number of hydrogen-bond donors (Lipinski definition) is 2. The molecule has 0 aromatic rings. The first kappa shape index (κ1) is 13.9. The highest BCUT2D eigenvalue weighted by Gasteiger charge is 2.22. The Labute approximate surface area is 99.9 Å². The molecule has 0 bridgehead atoms. The maximum atomic E-state index is 6.14. The molecule has 1 fully saturated rings. The summed E-state index contributed by atoms with van der Waals surface area (Å²) in [5, 5.41) is 0. The SMILES string of the molecule is CCC(CCCCN)O[C@H]1CCCC(N)C1. The van der Waals surface area contributed by atoms with Crippen LogP contribution in [0.4, 0.5) is 0 Å². The van der Waals surface area contributed by atoms with E-state index in [2.05, 4.69) is 6.92 Å². The van der Waals surface area contributed by atoms with Crippen molar-refractivity contribution >= 4 is 0 Å². The Hall–Kier alpha value is -0.120. The fraction of sp³-hybridized carbons (Fsp3) is 1.00. The Balaban J connectivity index is 2.20. The fourth-order valence-corrected chi connectivity index (χ4v) is 2.46. The van der Waals surface area contributed by atoms with Crippen molar-refractivity contribution in [1.29, 1.82) is 0 Å². The molecule has 96 valence electrons. The fourth-order valence-electron chi connectivity index (χ4n) is 2.46. The van der Waals surface area contributed by atoms with Gasteiger partial charge < -0.3 is 16.2 Å². The van der Waals surface area contributed by atoms with Gasteiger partial charge in [0.05, 0.1) is 12.2 Å². The Morgan fingerprint density at radius 2 is 2.12 bits per heavy atom. The van der Waals surface area contributed by atoms with E-state index in [1.165, 1.54) is 25.7 Å².